The van der Waals surface area contributed by atoms with Crippen molar-refractivity contribution in [3.8, 4) is 0 Å². The van der Waals surface area contributed by atoms with Gasteiger partial charge in [-0.1, -0.05) is 13.0 Å². The Labute approximate surface area is 96.7 Å². The average molecular weight is 230 g/mol. The molecule has 0 saturated carbocycles. The van der Waals surface area contributed by atoms with Crippen LogP contribution in [0.5, 0.6) is 0 Å². The molecule has 0 fully saturated rings. The van der Waals surface area contributed by atoms with Crippen molar-refractivity contribution in [2.45, 2.75) is 31.9 Å². The first-order chi connectivity index (χ1) is 7.74. The number of unbranched alkanes of at least 4 members (excludes halogenated alkanes) is 2. The van der Waals surface area contributed by atoms with E-state index in [0.717, 1.165) is 31.8 Å². The van der Waals surface area contributed by atoms with Gasteiger partial charge in [-0.25, -0.2) is 4.79 Å². The summed E-state index contributed by atoms with van der Waals surface area (Å²) in [4.78, 5) is 11.0. The number of esters is 1. The summed E-state index contributed by atoms with van der Waals surface area (Å²) in [6.07, 6.45) is 4.43. The lowest BCUT2D eigenvalue weighted by Gasteiger charge is -2.17. The summed E-state index contributed by atoms with van der Waals surface area (Å²) in [5, 5.41) is 11.6. The summed E-state index contributed by atoms with van der Waals surface area (Å²) in [5.41, 5.74) is 5.38. The molecule has 0 amide bonds. The van der Waals surface area contributed by atoms with E-state index in [1.54, 1.807) is 0 Å². The molecular formula is C11H22N2O3. The zero-order valence-electron chi connectivity index (χ0n) is 9.65. The molecule has 0 aliphatic rings. The molecule has 0 aromatic carbocycles. The second kappa shape index (κ2) is 10.6. The molecular weight excluding hydrogens is 208 g/mol. The number of nitrogens with one attached hydrogen (secondary N) is 1. The fraction of sp³-hybridized carbons (Fsp3) is 0.727. The third kappa shape index (κ3) is 8.40. The van der Waals surface area contributed by atoms with Gasteiger partial charge in [-0.15, -0.1) is 0 Å². The van der Waals surface area contributed by atoms with Gasteiger partial charge in [-0.3, -0.25) is 5.32 Å². The Morgan fingerprint density at radius 1 is 1.50 bits per heavy atom. The maximum absolute atomic E-state index is 11.0. The van der Waals surface area contributed by atoms with Gasteiger partial charge in [0.05, 0.1) is 6.61 Å². The summed E-state index contributed by atoms with van der Waals surface area (Å²) >= 11 is 0. The van der Waals surface area contributed by atoms with Crippen LogP contribution in [0.1, 0.15) is 25.7 Å². The van der Waals surface area contributed by atoms with Crippen molar-refractivity contribution in [1.29, 1.82) is 0 Å². The predicted octanol–water partition coefficient (Wildman–Crippen LogP) is 0.143. The van der Waals surface area contributed by atoms with Crippen LogP contribution in [-0.2, 0) is 9.53 Å². The van der Waals surface area contributed by atoms with Crippen LogP contribution in [0.2, 0.25) is 0 Å². The number of carbonyl (C=O) groups is 1. The van der Waals surface area contributed by atoms with E-state index in [2.05, 4.69) is 11.9 Å². The highest BCUT2D eigenvalue weighted by molar-refractivity contribution is 5.81. The first kappa shape index (κ1) is 15.1. The van der Waals surface area contributed by atoms with Crippen LogP contribution in [0.25, 0.3) is 0 Å². The number of nitrogens with two attached hydrogens (primary N) is 1. The second-order valence-corrected chi connectivity index (χ2v) is 3.45. The SMILES string of the molecule is C=CC(=O)OC(CCCCCN)NCCO. The number of hydrogen-bond acceptors (Lipinski definition) is 5. The summed E-state index contributed by atoms with van der Waals surface area (Å²) in [6.45, 7) is 4.44. The molecule has 0 heterocycles. The van der Waals surface area contributed by atoms with E-state index >= 15 is 0 Å². The molecule has 1 unspecified atom stereocenters. The van der Waals surface area contributed by atoms with Crippen molar-refractivity contribution in [2.24, 2.45) is 5.73 Å². The first-order valence-corrected chi connectivity index (χ1v) is 5.62. The van der Waals surface area contributed by atoms with Gasteiger partial charge in [0, 0.05) is 12.6 Å². The largest absolute Gasteiger partial charge is 0.443 e. The Hall–Kier alpha value is -0.910. The minimum absolute atomic E-state index is 0.0188. The number of rotatable bonds is 10. The fourth-order valence-electron chi connectivity index (χ4n) is 1.27. The normalized spacial score (nSPS) is 12.1. The molecule has 5 heteroatoms. The number of aliphatic hydroxyl groups excluding tert-OH is 1. The van der Waals surface area contributed by atoms with Crippen LogP contribution in [0.3, 0.4) is 0 Å². The van der Waals surface area contributed by atoms with Gasteiger partial charge in [-0.05, 0) is 25.8 Å². The Morgan fingerprint density at radius 3 is 2.81 bits per heavy atom. The number of ether oxygens (including phenoxy) is 1. The van der Waals surface area contributed by atoms with Crippen molar-refractivity contribution in [3.63, 3.8) is 0 Å². The Bertz CT molecular complexity index is 198. The molecule has 16 heavy (non-hydrogen) atoms. The van der Waals surface area contributed by atoms with E-state index in [4.69, 9.17) is 15.6 Å². The standard InChI is InChI=1S/C11H22N2O3/c1-2-11(15)16-10(13-8-9-14)6-4-3-5-7-12/h2,10,13-14H,1,3-9,12H2. The molecule has 0 aromatic heterocycles. The van der Waals surface area contributed by atoms with Gasteiger partial charge >= 0.3 is 5.97 Å². The zero-order chi connectivity index (χ0) is 12.2. The van der Waals surface area contributed by atoms with E-state index < -0.39 is 5.97 Å². The lowest BCUT2D eigenvalue weighted by atomic mass is 10.2. The average Bonchev–Trinajstić information content (AvgIpc) is 2.30. The van der Waals surface area contributed by atoms with Gasteiger partial charge < -0.3 is 15.6 Å². The van der Waals surface area contributed by atoms with Gasteiger partial charge in [0.25, 0.3) is 0 Å². The fourth-order valence-corrected chi connectivity index (χ4v) is 1.27. The molecule has 0 aliphatic heterocycles. The van der Waals surface area contributed by atoms with E-state index in [9.17, 15) is 4.79 Å². The molecule has 0 aromatic rings. The van der Waals surface area contributed by atoms with Gasteiger partial charge in [0.15, 0.2) is 6.23 Å². The van der Waals surface area contributed by atoms with E-state index in [-0.39, 0.29) is 12.8 Å². The smallest absolute Gasteiger partial charge is 0.331 e. The van der Waals surface area contributed by atoms with Crippen molar-refractivity contribution < 1.29 is 14.6 Å². The summed E-state index contributed by atoms with van der Waals surface area (Å²) in [6, 6.07) is 0. The molecule has 5 nitrogen and oxygen atoms in total. The summed E-state index contributed by atoms with van der Waals surface area (Å²) < 4.78 is 5.07. The van der Waals surface area contributed by atoms with E-state index in [1.165, 1.54) is 0 Å². The van der Waals surface area contributed by atoms with E-state index in [0.29, 0.717) is 13.1 Å². The van der Waals surface area contributed by atoms with Gasteiger partial charge in [-0.2, -0.15) is 0 Å². The second-order valence-electron chi connectivity index (χ2n) is 3.45. The minimum atomic E-state index is -0.450. The van der Waals surface area contributed by atoms with Crippen LogP contribution >= 0.6 is 0 Å². The van der Waals surface area contributed by atoms with Crippen LogP contribution in [0.4, 0.5) is 0 Å². The maximum Gasteiger partial charge on any atom is 0.331 e. The number of hydrogen-bond donors (Lipinski definition) is 3. The summed E-state index contributed by atoms with van der Waals surface area (Å²) in [5.74, 6) is -0.450. The van der Waals surface area contributed by atoms with Crippen LogP contribution in [0.15, 0.2) is 12.7 Å². The van der Waals surface area contributed by atoms with Crippen molar-refractivity contribution >= 4 is 5.97 Å². The molecule has 0 saturated heterocycles. The van der Waals surface area contributed by atoms with Crippen LogP contribution in [-0.4, -0.2) is 37.0 Å². The molecule has 0 aliphatic carbocycles. The van der Waals surface area contributed by atoms with E-state index in [1.807, 2.05) is 0 Å². The molecule has 0 radical (unpaired) electrons. The molecule has 94 valence electrons. The lowest BCUT2D eigenvalue weighted by Crippen LogP contribution is -2.35. The molecule has 0 bridgehead atoms. The Kier molecular flexibility index (Phi) is 10.00. The minimum Gasteiger partial charge on any atom is -0.443 e. The third-order valence-corrected chi connectivity index (χ3v) is 2.08. The highest BCUT2D eigenvalue weighted by Gasteiger charge is 2.10. The van der Waals surface area contributed by atoms with Crippen LogP contribution < -0.4 is 11.1 Å². The first-order valence-electron chi connectivity index (χ1n) is 5.62. The van der Waals surface area contributed by atoms with Crippen molar-refractivity contribution in [1.82, 2.24) is 5.32 Å². The molecule has 4 N–H and O–H groups in total. The highest BCUT2D eigenvalue weighted by Crippen LogP contribution is 2.05. The molecule has 0 spiro atoms. The summed E-state index contributed by atoms with van der Waals surface area (Å²) in [7, 11) is 0. The highest BCUT2D eigenvalue weighted by atomic mass is 16.6. The lowest BCUT2D eigenvalue weighted by molar-refractivity contribution is -0.145. The van der Waals surface area contributed by atoms with Crippen molar-refractivity contribution in [3.05, 3.63) is 12.7 Å². The number of aliphatic hydroxyl groups is 1. The maximum atomic E-state index is 11.0. The monoisotopic (exact) mass is 230 g/mol. The molecule has 0 rings (SSSR count). The molecule has 1 atom stereocenters. The van der Waals surface area contributed by atoms with Crippen LogP contribution in [0, 0.1) is 0 Å². The third-order valence-electron chi connectivity index (χ3n) is 2.08. The topological polar surface area (TPSA) is 84.6 Å². The van der Waals surface area contributed by atoms with Gasteiger partial charge in [0.2, 0.25) is 0 Å². The Morgan fingerprint density at radius 2 is 2.25 bits per heavy atom. The zero-order valence-corrected chi connectivity index (χ0v) is 9.65. The quantitative estimate of drug-likeness (QED) is 0.215. The van der Waals surface area contributed by atoms with Crippen molar-refractivity contribution in [2.75, 3.05) is 19.7 Å². The number of carbonyl (C=O) groups excluding carboxylic acids is 1. The van der Waals surface area contributed by atoms with Gasteiger partial charge in [0.1, 0.15) is 0 Å². The predicted molar refractivity (Wildman–Crippen MR) is 62.7 cm³/mol. The Balaban J connectivity index is 3.80.